The second kappa shape index (κ2) is 12.8. The Morgan fingerprint density at radius 2 is 1.95 bits per heavy atom. The number of ether oxygens (including phenoxy) is 2. The van der Waals surface area contributed by atoms with Crippen LogP contribution in [0.4, 0.5) is 5.82 Å². The van der Waals surface area contributed by atoms with E-state index in [4.69, 9.17) is 14.5 Å². The summed E-state index contributed by atoms with van der Waals surface area (Å²) < 4.78 is 13.0. The number of hydrogen-bond acceptors (Lipinski definition) is 7. The largest absolute Gasteiger partial charge is 0.497 e. The number of fused-ring (bicyclic) bond motifs is 3. The lowest BCUT2D eigenvalue weighted by Crippen LogP contribution is -2.27. The fourth-order valence-electron chi connectivity index (χ4n) is 5.35. The molecule has 2 N–H and O–H groups in total. The van der Waals surface area contributed by atoms with Gasteiger partial charge in [-0.25, -0.2) is 4.79 Å². The second-order valence-corrected chi connectivity index (χ2v) is 11.2. The summed E-state index contributed by atoms with van der Waals surface area (Å²) in [5.41, 5.74) is 7.24. The lowest BCUT2D eigenvalue weighted by molar-refractivity contribution is 0.264. The number of hydrogen-bond donors (Lipinski definition) is 2. The van der Waals surface area contributed by atoms with Gasteiger partial charge in [-0.05, 0) is 92.9 Å². The Morgan fingerprint density at radius 1 is 1.15 bits per heavy atom. The molecule has 0 radical (unpaired) electrons. The third kappa shape index (κ3) is 6.56. The number of aromatic nitrogens is 4. The molecule has 0 amide bonds. The molecule has 4 aromatic rings. The molecule has 1 aliphatic heterocycles. The Kier molecular flexibility index (Phi) is 8.93. The molecular formula is C32H42N6O3. The molecule has 0 saturated carbocycles. The van der Waals surface area contributed by atoms with Gasteiger partial charge in [0.05, 0.1) is 20.3 Å². The maximum Gasteiger partial charge on any atom is 0.328 e. The van der Waals surface area contributed by atoms with Gasteiger partial charge in [0, 0.05) is 19.1 Å². The van der Waals surface area contributed by atoms with Crippen molar-refractivity contribution in [2.45, 2.75) is 78.6 Å². The van der Waals surface area contributed by atoms with Gasteiger partial charge in [0.1, 0.15) is 11.3 Å². The quantitative estimate of drug-likeness (QED) is 0.303. The number of benzene rings is 2. The number of nitrogens with zero attached hydrogens (tertiary/aromatic N) is 4. The Morgan fingerprint density at radius 3 is 2.68 bits per heavy atom. The van der Waals surface area contributed by atoms with Gasteiger partial charge >= 0.3 is 11.7 Å². The lowest BCUT2D eigenvalue weighted by Gasteiger charge is -2.25. The van der Waals surface area contributed by atoms with Crippen LogP contribution in [0.15, 0.2) is 41.2 Å². The third-order valence-electron chi connectivity index (χ3n) is 8.05. The first-order valence-electron chi connectivity index (χ1n) is 14.7. The van der Waals surface area contributed by atoms with Crippen LogP contribution in [0.2, 0.25) is 0 Å². The van der Waals surface area contributed by atoms with Crippen molar-refractivity contribution in [1.29, 1.82) is 0 Å². The molecule has 41 heavy (non-hydrogen) atoms. The minimum atomic E-state index is -0.214. The van der Waals surface area contributed by atoms with E-state index in [-0.39, 0.29) is 11.7 Å². The summed E-state index contributed by atoms with van der Waals surface area (Å²) in [4.78, 5) is 28.1. The number of rotatable bonds is 8. The fourth-order valence-corrected chi connectivity index (χ4v) is 5.35. The average molecular weight is 559 g/mol. The standard InChI is InChI=1S/C32H42N6O3/c1-6-24-16-23-17-25(27(24)20-37(4)21(2)3)10-8-7-9-15-41-31-35-29(28-30(36-31)38(19-23)32(39)34-28)33-18-22-11-13-26(40-5)14-12-22/h11-14,16-17,21H,6-10,15,18-20H2,1-5H3,(H,34,39)(H,33,35,36). The molecule has 4 bridgehead atoms. The monoisotopic (exact) mass is 558 g/mol. The normalized spacial score (nSPS) is 13.9. The number of anilines is 1. The van der Waals surface area contributed by atoms with Crippen LogP contribution in [0.5, 0.6) is 11.8 Å². The highest BCUT2D eigenvalue weighted by molar-refractivity contribution is 5.83. The first-order valence-corrected chi connectivity index (χ1v) is 14.7. The molecule has 2 aromatic carbocycles. The maximum atomic E-state index is 13.3. The SMILES string of the molecule is CCc1cc2cc(c1CN(C)C(C)C)CCCCCOc1nc(NCc3ccc(OC)cc3)c3[nH]c(=O)n(c3n1)C2. The van der Waals surface area contributed by atoms with Gasteiger partial charge in [0.15, 0.2) is 11.5 Å². The van der Waals surface area contributed by atoms with Crippen molar-refractivity contribution in [3.63, 3.8) is 0 Å². The molecule has 218 valence electrons. The van der Waals surface area contributed by atoms with Gasteiger partial charge in [-0.15, -0.1) is 0 Å². The molecule has 0 spiro atoms. The van der Waals surface area contributed by atoms with Crippen LogP contribution in [0.3, 0.4) is 0 Å². The Bertz CT molecular complexity index is 1540. The number of imidazole rings is 1. The van der Waals surface area contributed by atoms with Gasteiger partial charge in [-0.2, -0.15) is 9.97 Å². The van der Waals surface area contributed by atoms with Gasteiger partial charge < -0.3 is 19.8 Å². The van der Waals surface area contributed by atoms with E-state index >= 15 is 0 Å². The van der Waals surface area contributed by atoms with Crippen molar-refractivity contribution >= 4 is 17.0 Å². The zero-order valence-corrected chi connectivity index (χ0v) is 24.9. The molecule has 1 aliphatic rings. The molecule has 0 atom stereocenters. The topological polar surface area (TPSA) is 97.3 Å². The number of nitrogens with one attached hydrogen (secondary N) is 2. The minimum absolute atomic E-state index is 0.214. The summed E-state index contributed by atoms with van der Waals surface area (Å²) >= 11 is 0. The van der Waals surface area contributed by atoms with Crippen molar-refractivity contribution in [3.05, 3.63) is 74.7 Å². The average Bonchev–Trinajstić information content (AvgIpc) is 3.28. The Labute approximate surface area is 241 Å². The highest BCUT2D eigenvalue weighted by Crippen LogP contribution is 2.26. The zero-order chi connectivity index (χ0) is 28.9. The summed E-state index contributed by atoms with van der Waals surface area (Å²) in [6.45, 7) is 9.09. The minimum Gasteiger partial charge on any atom is -0.497 e. The molecule has 2 aromatic heterocycles. The number of methoxy groups -OCH3 is 1. The Balaban J connectivity index is 1.54. The van der Waals surface area contributed by atoms with Gasteiger partial charge in [-0.1, -0.05) is 31.2 Å². The number of aryl methyl sites for hydroxylation is 2. The second-order valence-electron chi connectivity index (χ2n) is 11.2. The third-order valence-corrected chi connectivity index (χ3v) is 8.05. The van der Waals surface area contributed by atoms with Crippen LogP contribution in [0, 0.1) is 0 Å². The molecule has 9 heteroatoms. The van der Waals surface area contributed by atoms with Crippen LogP contribution >= 0.6 is 0 Å². The first-order chi connectivity index (χ1) is 19.9. The van der Waals surface area contributed by atoms with E-state index in [0.29, 0.717) is 42.7 Å². The van der Waals surface area contributed by atoms with Crippen molar-refractivity contribution in [3.8, 4) is 11.8 Å². The lowest BCUT2D eigenvalue weighted by atomic mass is 9.92. The van der Waals surface area contributed by atoms with Gasteiger partial charge in [-0.3, -0.25) is 9.47 Å². The smallest absolute Gasteiger partial charge is 0.328 e. The molecule has 0 aliphatic carbocycles. The molecule has 0 fully saturated rings. The van der Waals surface area contributed by atoms with E-state index in [0.717, 1.165) is 55.5 Å². The summed E-state index contributed by atoms with van der Waals surface area (Å²) in [6, 6.07) is 13.2. The van der Waals surface area contributed by atoms with Crippen LogP contribution in [-0.4, -0.2) is 51.2 Å². The van der Waals surface area contributed by atoms with Crippen molar-refractivity contribution in [1.82, 2.24) is 24.4 Å². The van der Waals surface area contributed by atoms with Crippen LogP contribution in [0.1, 0.15) is 67.9 Å². The summed E-state index contributed by atoms with van der Waals surface area (Å²) in [5.74, 6) is 1.35. The summed E-state index contributed by atoms with van der Waals surface area (Å²) in [6.07, 6.45) is 5.02. The van der Waals surface area contributed by atoms with E-state index in [2.05, 4.69) is 60.1 Å². The first kappa shape index (κ1) is 28.7. The van der Waals surface area contributed by atoms with Crippen LogP contribution in [0.25, 0.3) is 11.2 Å². The van der Waals surface area contributed by atoms with E-state index in [1.54, 1.807) is 11.7 Å². The molecule has 9 nitrogen and oxygen atoms in total. The van der Waals surface area contributed by atoms with E-state index in [1.165, 1.54) is 16.7 Å². The van der Waals surface area contributed by atoms with Crippen molar-refractivity contribution in [2.75, 3.05) is 26.1 Å². The fraction of sp³-hybridized carbons (Fsp3) is 0.469. The predicted octanol–water partition coefficient (Wildman–Crippen LogP) is 5.30. The summed E-state index contributed by atoms with van der Waals surface area (Å²) in [7, 11) is 3.84. The van der Waals surface area contributed by atoms with Gasteiger partial charge in [0.25, 0.3) is 0 Å². The molecule has 0 unspecified atom stereocenters. The molecular weight excluding hydrogens is 516 g/mol. The predicted molar refractivity (Wildman–Crippen MR) is 163 cm³/mol. The van der Waals surface area contributed by atoms with E-state index in [9.17, 15) is 4.79 Å². The number of aromatic amines is 1. The van der Waals surface area contributed by atoms with E-state index in [1.807, 2.05) is 24.3 Å². The Hall–Kier alpha value is -3.85. The molecule has 0 saturated heterocycles. The molecule has 3 heterocycles. The van der Waals surface area contributed by atoms with Crippen molar-refractivity contribution in [2.24, 2.45) is 0 Å². The van der Waals surface area contributed by atoms with Crippen molar-refractivity contribution < 1.29 is 9.47 Å². The maximum absolute atomic E-state index is 13.3. The van der Waals surface area contributed by atoms with E-state index < -0.39 is 0 Å². The van der Waals surface area contributed by atoms with Gasteiger partial charge in [0.2, 0.25) is 0 Å². The molecule has 5 rings (SSSR count). The van der Waals surface area contributed by atoms with Crippen LogP contribution < -0.4 is 20.5 Å². The highest BCUT2D eigenvalue weighted by Gasteiger charge is 2.19. The zero-order valence-electron chi connectivity index (χ0n) is 24.9. The van der Waals surface area contributed by atoms with Crippen LogP contribution in [-0.2, 0) is 32.5 Å². The number of H-pyrrole nitrogens is 1. The highest BCUT2D eigenvalue weighted by atomic mass is 16.5. The summed E-state index contributed by atoms with van der Waals surface area (Å²) in [5, 5.41) is 3.39.